The van der Waals surface area contributed by atoms with E-state index >= 15 is 0 Å². The van der Waals surface area contributed by atoms with Crippen LogP contribution in [0.15, 0.2) is 186 Å². The monoisotopic (exact) mass is 746 g/mol. The van der Waals surface area contributed by atoms with Gasteiger partial charge < -0.3 is 8.98 Å². The summed E-state index contributed by atoms with van der Waals surface area (Å²) in [5.41, 5.74) is 10.1. The van der Waals surface area contributed by atoms with Crippen molar-refractivity contribution >= 4 is 75.3 Å². The number of para-hydroxylation sites is 4. The van der Waals surface area contributed by atoms with Crippen molar-refractivity contribution in [3.05, 3.63) is 182 Å². The van der Waals surface area contributed by atoms with Crippen molar-refractivity contribution in [3.8, 4) is 51.0 Å². The second-order valence-electron chi connectivity index (χ2n) is 14.3. The third kappa shape index (κ3) is 4.91. The molecule has 266 valence electrons. The molecule has 0 aliphatic carbocycles. The molecule has 4 aromatic heterocycles. The maximum absolute atomic E-state index is 7.02. The first-order valence-corrected chi connectivity index (χ1v) is 19.8. The number of hydrogen-bond acceptors (Lipinski definition) is 5. The Kier molecular flexibility index (Phi) is 7.03. The zero-order chi connectivity index (χ0) is 37.5. The van der Waals surface area contributed by atoms with Gasteiger partial charge in [0.1, 0.15) is 11.2 Å². The fourth-order valence-electron chi connectivity index (χ4n) is 8.55. The molecule has 0 aliphatic heterocycles. The first kappa shape index (κ1) is 31.9. The van der Waals surface area contributed by atoms with Gasteiger partial charge in [0.15, 0.2) is 17.5 Å². The lowest BCUT2D eigenvalue weighted by atomic mass is 9.99. The van der Waals surface area contributed by atoms with Crippen molar-refractivity contribution in [1.82, 2.24) is 19.5 Å². The highest BCUT2D eigenvalue weighted by Crippen LogP contribution is 2.47. The summed E-state index contributed by atoms with van der Waals surface area (Å²) in [5.74, 6) is 1.80. The van der Waals surface area contributed by atoms with E-state index in [9.17, 15) is 0 Å². The average molecular weight is 747 g/mol. The molecule has 0 N–H and O–H groups in total. The molecule has 5 nitrogen and oxygen atoms in total. The van der Waals surface area contributed by atoms with Crippen molar-refractivity contribution in [2.24, 2.45) is 0 Å². The van der Waals surface area contributed by atoms with Gasteiger partial charge in [0, 0.05) is 64.0 Å². The van der Waals surface area contributed by atoms with E-state index in [2.05, 4.69) is 120 Å². The molecule has 6 heteroatoms. The topological polar surface area (TPSA) is 56.7 Å². The molecule has 0 aliphatic rings. The van der Waals surface area contributed by atoms with Crippen LogP contribution in [0, 0.1) is 0 Å². The van der Waals surface area contributed by atoms with Gasteiger partial charge in [-0.25, -0.2) is 15.0 Å². The van der Waals surface area contributed by atoms with E-state index in [0.717, 1.165) is 49.8 Å². The van der Waals surface area contributed by atoms with E-state index < -0.39 is 0 Å². The van der Waals surface area contributed by atoms with Crippen molar-refractivity contribution in [2.45, 2.75) is 0 Å². The van der Waals surface area contributed by atoms with Crippen molar-refractivity contribution < 1.29 is 4.42 Å². The fourth-order valence-corrected chi connectivity index (χ4v) is 9.80. The smallest absolute Gasteiger partial charge is 0.167 e. The Labute approximate surface area is 330 Å². The molecule has 0 atom stereocenters. The summed E-state index contributed by atoms with van der Waals surface area (Å²) >= 11 is 1.84. The third-order valence-electron chi connectivity index (χ3n) is 11.1. The summed E-state index contributed by atoms with van der Waals surface area (Å²) in [6.07, 6.45) is 0. The van der Waals surface area contributed by atoms with Crippen LogP contribution in [0.4, 0.5) is 0 Å². The quantitative estimate of drug-likeness (QED) is 0.176. The molecule has 0 spiro atoms. The van der Waals surface area contributed by atoms with E-state index in [0.29, 0.717) is 17.5 Å². The number of nitrogens with zero attached hydrogens (tertiary/aromatic N) is 4. The number of benzene rings is 8. The fraction of sp³-hybridized carbons (Fsp3) is 0. The number of aromatic nitrogens is 4. The van der Waals surface area contributed by atoms with Crippen LogP contribution in [0.25, 0.3) is 115 Å². The molecular weight excluding hydrogens is 717 g/mol. The van der Waals surface area contributed by atoms with Crippen LogP contribution in [-0.2, 0) is 0 Å². The lowest BCUT2D eigenvalue weighted by Gasteiger charge is -2.10. The van der Waals surface area contributed by atoms with Gasteiger partial charge >= 0.3 is 0 Å². The van der Waals surface area contributed by atoms with Crippen molar-refractivity contribution in [1.29, 1.82) is 0 Å². The summed E-state index contributed by atoms with van der Waals surface area (Å²) in [4.78, 5) is 15.0. The summed E-state index contributed by atoms with van der Waals surface area (Å²) < 4.78 is 11.9. The molecule has 4 heterocycles. The van der Waals surface area contributed by atoms with Crippen LogP contribution in [-0.4, -0.2) is 19.5 Å². The van der Waals surface area contributed by atoms with Crippen LogP contribution < -0.4 is 0 Å². The Morgan fingerprint density at radius 3 is 1.53 bits per heavy atom. The summed E-state index contributed by atoms with van der Waals surface area (Å²) in [5, 5.41) is 7.06. The molecule has 8 aromatic carbocycles. The van der Waals surface area contributed by atoms with Gasteiger partial charge in [-0.2, -0.15) is 0 Å². The maximum atomic E-state index is 7.02. The van der Waals surface area contributed by atoms with Crippen molar-refractivity contribution in [3.63, 3.8) is 0 Å². The van der Waals surface area contributed by atoms with Gasteiger partial charge in [0.25, 0.3) is 0 Å². The predicted octanol–water partition coefficient (Wildman–Crippen LogP) is 13.9. The SMILES string of the molecule is c1ccc(-c2nc(-c3ccccc3)nc(-c3cccc4c3oc3c(-c5cccc6c5sc5cccc(-n7c8ccccc8c8ccccc87)c56)cccc34)n2)cc1. The third-order valence-corrected chi connectivity index (χ3v) is 12.3. The van der Waals surface area contributed by atoms with Gasteiger partial charge in [-0.15, -0.1) is 11.3 Å². The second-order valence-corrected chi connectivity index (χ2v) is 15.4. The Morgan fingerprint density at radius 2 is 0.877 bits per heavy atom. The van der Waals surface area contributed by atoms with E-state index in [1.165, 1.54) is 47.7 Å². The lowest BCUT2D eigenvalue weighted by Crippen LogP contribution is -2.00. The first-order valence-electron chi connectivity index (χ1n) is 19.0. The number of rotatable bonds is 5. The molecule has 0 bridgehead atoms. The van der Waals surface area contributed by atoms with Crippen LogP contribution in [0.2, 0.25) is 0 Å². The minimum Gasteiger partial charge on any atom is -0.455 e. The van der Waals surface area contributed by atoms with Crippen LogP contribution in [0.5, 0.6) is 0 Å². The molecule has 12 aromatic rings. The van der Waals surface area contributed by atoms with Crippen LogP contribution >= 0.6 is 11.3 Å². The van der Waals surface area contributed by atoms with Crippen molar-refractivity contribution in [2.75, 3.05) is 0 Å². The number of hydrogen-bond donors (Lipinski definition) is 0. The Hall–Kier alpha value is -7.41. The molecule has 0 saturated heterocycles. The minimum absolute atomic E-state index is 0.568. The van der Waals surface area contributed by atoms with E-state index in [1.807, 2.05) is 78.1 Å². The van der Waals surface area contributed by atoms with Gasteiger partial charge in [-0.05, 0) is 30.3 Å². The number of furan rings is 1. The summed E-state index contributed by atoms with van der Waals surface area (Å²) in [7, 11) is 0. The Morgan fingerprint density at radius 1 is 0.386 bits per heavy atom. The maximum Gasteiger partial charge on any atom is 0.167 e. The highest BCUT2D eigenvalue weighted by molar-refractivity contribution is 7.26. The highest BCUT2D eigenvalue weighted by atomic mass is 32.1. The Bertz CT molecular complexity index is 3420. The van der Waals surface area contributed by atoms with E-state index in [-0.39, 0.29) is 0 Å². The molecule has 12 rings (SSSR count). The predicted molar refractivity (Wildman–Crippen MR) is 236 cm³/mol. The molecule has 57 heavy (non-hydrogen) atoms. The molecule has 0 amide bonds. The van der Waals surface area contributed by atoms with Crippen LogP contribution in [0.3, 0.4) is 0 Å². The van der Waals surface area contributed by atoms with E-state index in [1.54, 1.807) is 0 Å². The van der Waals surface area contributed by atoms with Gasteiger partial charge in [0.2, 0.25) is 0 Å². The van der Waals surface area contributed by atoms with Gasteiger partial charge in [-0.3, -0.25) is 0 Å². The standard InChI is InChI=1S/C51H30N4OS/c1-3-15-31(16-4-1)49-52-50(32-17-5-2-6-18-32)54-51(53-49)40-26-12-22-36-35-21-11-23-37(46(35)56-47(36)40)38-24-13-25-39-45-43(29-14-30-44(45)57-48(38)39)55-41-27-9-7-19-33(41)34-20-8-10-28-42(34)55/h1-30H. The number of fused-ring (bicyclic) bond motifs is 9. The zero-order valence-electron chi connectivity index (χ0n) is 30.4. The summed E-state index contributed by atoms with van der Waals surface area (Å²) in [6, 6.07) is 63.6. The molecule has 0 radical (unpaired) electrons. The molecule has 0 fully saturated rings. The van der Waals surface area contributed by atoms with Crippen LogP contribution in [0.1, 0.15) is 0 Å². The van der Waals surface area contributed by atoms with Gasteiger partial charge in [0.05, 0.1) is 22.3 Å². The first-order chi connectivity index (χ1) is 28.3. The highest BCUT2D eigenvalue weighted by Gasteiger charge is 2.22. The zero-order valence-corrected chi connectivity index (χ0v) is 31.2. The summed E-state index contributed by atoms with van der Waals surface area (Å²) in [6.45, 7) is 0. The largest absolute Gasteiger partial charge is 0.455 e. The lowest BCUT2D eigenvalue weighted by molar-refractivity contribution is 0.670. The normalized spacial score (nSPS) is 11.9. The molecular formula is C51H30N4OS. The van der Waals surface area contributed by atoms with Gasteiger partial charge in [-0.1, -0.05) is 152 Å². The molecule has 0 unspecified atom stereocenters. The van der Waals surface area contributed by atoms with E-state index in [4.69, 9.17) is 19.4 Å². The second kappa shape index (κ2) is 12.6. The Balaban J connectivity index is 1.07. The average Bonchev–Trinajstić information content (AvgIpc) is 3.97. The minimum atomic E-state index is 0.568. The number of thiophene rings is 1. The molecule has 0 saturated carbocycles.